The SMILES string of the molecule is CC(C)CNC(=NCC(=O)N(C)C)NCCSc1ccccc1.I. The van der Waals surface area contributed by atoms with E-state index in [1.807, 2.05) is 18.2 Å². The Kier molecular flexibility index (Phi) is 12.8. The molecule has 0 radical (unpaired) electrons. The van der Waals surface area contributed by atoms with Crippen molar-refractivity contribution in [2.45, 2.75) is 18.7 Å². The minimum atomic E-state index is -0.00527. The van der Waals surface area contributed by atoms with E-state index in [1.54, 1.807) is 30.8 Å². The Hall–Kier alpha value is -0.960. The summed E-state index contributed by atoms with van der Waals surface area (Å²) in [6.07, 6.45) is 0. The Labute approximate surface area is 167 Å². The Bertz CT molecular complexity index is 495. The molecule has 0 spiro atoms. The van der Waals surface area contributed by atoms with E-state index in [9.17, 15) is 4.79 Å². The maximum absolute atomic E-state index is 11.7. The smallest absolute Gasteiger partial charge is 0.243 e. The van der Waals surface area contributed by atoms with E-state index in [4.69, 9.17) is 0 Å². The summed E-state index contributed by atoms with van der Waals surface area (Å²) in [5, 5.41) is 6.56. The molecule has 0 fully saturated rings. The van der Waals surface area contributed by atoms with Crippen LogP contribution < -0.4 is 10.6 Å². The predicted octanol–water partition coefficient (Wildman–Crippen LogP) is 2.68. The second-order valence-corrected chi connectivity index (χ2v) is 6.98. The van der Waals surface area contributed by atoms with Crippen LogP contribution in [0.3, 0.4) is 0 Å². The average molecular weight is 464 g/mol. The maximum atomic E-state index is 11.7. The summed E-state index contributed by atoms with van der Waals surface area (Å²) in [5.41, 5.74) is 0. The van der Waals surface area contributed by atoms with Crippen molar-refractivity contribution in [3.63, 3.8) is 0 Å². The topological polar surface area (TPSA) is 56.7 Å². The van der Waals surface area contributed by atoms with Crippen molar-refractivity contribution in [1.82, 2.24) is 15.5 Å². The first-order valence-electron chi connectivity index (χ1n) is 7.89. The number of hydrogen-bond donors (Lipinski definition) is 2. The lowest BCUT2D eigenvalue weighted by molar-refractivity contribution is -0.127. The van der Waals surface area contributed by atoms with Crippen LogP contribution in [0.5, 0.6) is 0 Å². The van der Waals surface area contributed by atoms with Crippen LogP contribution in [0.15, 0.2) is 40.2 Å². The van der Waals surface area contributed by atoms with Gasteiger partial charge in [0.15, 0.2) is 5.96 Å². The lowest BCUT2D eigenvalue weighted by atomic mass is 10.2. The highest BCUT2D eigenvalue weighted by molar-refractivity contribution is 14.0. The van der Waals surface area contributed by atoms with Gasteiger partial charge in [-0.2, -0.15) is 0 Å². The first-order chi connectivity index (χ1) is 11.0. The van der Waals surface area contributed by atoms with Crippen LogP contribution >= 0.6 is 35.7 Å². The van der Waals surface area contributed by atoms with Gasteiger partial charge < -0.3 is 15.5 Å². The molecule has 24 heavy (non-hydrogen) atoms. The molecule has 0 saturated heterocycles. The van der Waals surface area contributed by atoms with Crippen molar-refractivity contribution in [3.05, 3.63) is 30.3 Å². The standard InChI is InChI=1S/C17H28N4OS.HI/c1-14(2)12-19-17(20-13-16(22)21(3)4)18-10-11-23-15-8-6-5-7-9-15;/h5-9,14H,10-13H2,1-4H3,(H2,18,19,20);1H. The normalized spacial score (nSPS) is 11.0. The van der Waals surface area contributed by atoms with Gasteiger partial charge in [0.2, 0.25) is 5.91 Å². The van der Waals surface area contributed by atoms with Crippen LogP contribution in [0.1, 0.15) is 13.8 Å². The number of carbonyl (C=O) groups is 1. The number of carbonyl (C=O) groups excluding carboxylic acids is 1. The zero-order chi connectivity index (χ0) is 17.1. The summed E-state index contributed by atoms with van der Waals surface area (Å²) >= 11 is 1.80. The number of nitrogens with zero attached hydrogens (tertiary/aromatic N) is 2. The second-order valence-electron chi connectivity index (χ2n) is 5.82. The fourth-order valence-electron chi connectivity index (χ4n) is 1.62. The molecule has 0 aliphatic carbocycles. The highest BCUT2D eigenvalue weighted by Crippen LogP contribution is 2.15. The Morgan fingerprint density at radius 1 is 1.21 bits per heavy atom. The minimum Gasteiger partial charge on any atom is -0.356 e. The first kappa shape index (κ1) is 23.0. The van der Waals surface area contributed by atoms with Crippen molar-refractivity contribution in [2.24, 2.45) is 10.9 Å². The molecule has 136 valence electrons. The number of nitrogens with one attached hydrogen (secondary N) is 2. The molecule has 2 N–H and O–H groups in total. The van der Waals surface area contributed by atoms with Gasteiger partial charge in [-0.15, -0.1) is 35.7 Å². The van der Waals surface area contributed by atoms with Gasteiger partial charge in [-0.25, -0.2) is 4.99 Å². The Balaban J connectivity index is 0.00000529. The van der Waals surface area contributed by atoms with Crippen LogP contribution in [0.25, 0.3) is 0 Å². The number of guanidine groups is 1. The van der Waals surface area contributed by atoms with Crippen LogP contribution in [-0.4, -0.2) is 56.2 Å². The Morgan fingerprint density at radius 2 is 1.88 bits per heavy atom. The van der Waals surface area contributed by atoms with Crippen molar-refractivity contribution >= 4 is 47.6 Å². The van der Waals surface area contributed by atoms with E-state index in [0.717, 1.165) is 18.8 Å². The molecule has 1 rings (SSSR count). The van der Waals surface area contributed by atoms with Gasteiger partial charge in [-0.3, -0.25) is 4.79 Å². The molecular weight excluding hydrogens is 435 g/mol. The first-order valence-corrected chi connectivity index (χ1v) is 8.87. The number of benzene rings is 1. The molecular formula is C17H29IN4OS. The molecule has 0 bridgehead atoms. The van der Waals surface area contributed by atoms with Gasteiger partial charge >= 0.3 is 0 Å². The summed E-state index contributed by atoms with van der Waals surface area (Å²) in [5.74, 6) is 2.15. The molecule has 7 heteroatoms. The quantitative estimate of drug-likeness (QED) is 0.204. The monoisotopic (exact) mass is 464 g/mol. The lowest BCUT2D eigenvalue weighted by Gasteiger charge is -2.15. The number of hydrogen-bond acceptors (Lipinski definition) is 3. The summed E-state index contributed by atoms with van der Waals surface area (Å²) in [7, 11) is 3.48. The molecule has 0 unspecified atom stereocenters. The van der Waals surface area contributed by atoms with Crippen molar-refractivity contribution in [2.75, 3.05) is 39.5 Å². The van der Waals surface area contributed by atoms with Crippen molar-refractivity contribution in [3.8, 4) is 0 Å². The molecule has 0 saturated carbocycles. The number of aliphatic imine (C=N–C) groups is 1. The number of halogens is 1. The molecule has 1 aromatic rings. The minimum absolute atomic E-state index is 0. The highest BCUT2D eigenvalue weighted by Gasteiger charge is 2.05. The molecule has 0 aliphatic heterocycles. The summed E-state index contributed by atoms with van der Waals surface area (Å²) in [4.78, 5) is 18.8. The number of thioether (sulfide) groups is 1. The van der Waals surface area contributed by atoms with Gasteiger partial charge in [-0.05, 0) is 18.1 Å². The van der Waals surface area contributed by atoms with Crippen LogP contribution in [0, 0.1) is 5.92 Å². The summed E-state index contributed by atoms with van der Waals surface area (Å²) in [6.45, 7) is 6.06. The van der Waals surface area contributed by atoms with Gasteiger partial charge in [-0.1, -0.05) is 32.0 Å². The Morgan fingerprint density at radius 3 is 2.46 bits per heavy atom. The fraction of sp³-hybridized carbons (Fsp3) is 0.529. The van der Waals surface area contributed by atoms with Gasteiger partial charge in [0.1, 0.15) is 6.54 Å². The lowest BCUT2D eigenvalue weighted by Crippen LogP contribution is -2.41. The molecule has 0 aliphatic rings. The predicted molar refractivity (Wildman–Crippen MR) is 114 cm³/mol. The second kappa shape index (κ2) is 13.3. The number of rotatable bonds is 8. The van der Waals surface area contributed by atoms with Crippen molar-refractivity contribution < 1.29 is 4.79 Å². The summed E-state index contributed by atoms with van der Waals surface area (Å²) < 4.78 is 0. The zero-order valence-corrected chi connectivity index (χ0v) is 18.1. The third-order valence-corrected chi connectivity index (χ3v) is 3.97. The van der Waals surface area contributed by atoms with E-state index < -0.39 is 0 Å². The molecule has 0 atom stereocenters. The molecule has 1 amide bonds. The zero-order valence-electron chi connectivity index (χ0n) is 14.9. The van der Waals surface area contributed by atoms with E-state index >= 15 is 0 Å². The van der Waals surface area contributed by atoms with E-state index in [-0.39, 0.29) is 36.4 Å². The third-order valence-electron chi connectivity index (χ3n) is 2.96. The highest BCUT2D eigenvalue weighted by atomic mass is 127. The van der Waals surface area contributed by atoms with E-state index in [2.05, 4.69) is 41.6 Å². The maximum Gasteiger partial charge on any atom is 0.243 e. The van der Waals surface area contributed by atoms with Gasteiger partial charge in [0, 0.05) is 37.8 Å². The average Bonchev–Trinajstić information content (AvgIpc) is 2.53. The van der Waals surface area contributed by atoms with Crippen LogP contribution in [-0.2, 0) is 4.79 Å². The van der Waals surface area contributed by atoms with Gasteiger partial charge in [0.05, 0.1) is 0 Å². The third kappa shape index (κ3) is 10.7. The molecule has 1 aromatic carbocycles. The van der Waals surface area contributed by atoms with Gasteiger partial charge in [0.25, 0.3) is 0 Å². The van der Waals surface area contributed by atoms with Crippen molar-refractivity contribution in [1.29, 1.82) is 0 Å². The molecule has 0 heterocycles. The fourth-order valence-corrected chi connectivity index (χ4v) is 2.41. The largest absolute Gasteiger partial charge is 0.356 e. The van der Waals surface area contributed by atoms with E-state index in [1.165, 1.54) is 4.90 Å². The molecule has 0 aromatic heterocycles. The van der Waals surface area contributed by atoms with E-state index in [0.29, 0.717) is 11.9 Å². The van der Waals surface area contributed by atoms with Crippen LogP contribution in [0.4, 0.5) is 0 Å². The summed E-state index contributed by atoms with van der Waals surface area (Å²) in [6, 6.07) is 10.3. The number of amides is 1. The molecule has 5 nitrogen and oxygen atoms in total. The number of likely N-dealkylation sites (N-methyl/N-ethyl adjacent to an activating group) is 1. The van der Waals surface area contributed by atoms with Crippen LogP contribution in [0.2, 0.25) is 0 Å².